The fourth-order valence-electron chi connectivity index (χ4n) is 2.68. The summed E-state index contributed by atoms with van der Waals surface area (Å²) in [6.45, 7) is 4.33. The van der Waals surface area contributed by atoms with E-state index in [4.69, 9.17) is 16.3 Å². The molecule has 1 aliphatic heterocycles. The van der Waals surface area contributed by atoms with Crippen molar-refractivity contribution in [3.63, 3.8) is 0 Å². The van der Waals surface area contributed by atoms with Crippen molar-refractivity contribution >= 4 is 23.7 Å². The Morgan fingerprint density at radius 3 is 2.68 bits per heavy atom. The maximum atomic E-state index is 12.0. The smallest absolute Gasteiger partial charge is 0.410 e. The fourth-order valence-corrected chi connectivity index (χ4v) is 2.81. The summed E-state index contributed by atoms with van der Waals surface area (Å²) in [5.74, 6) is -1.65. The molecule has 1 saturated heterocycles. The Morgan fingerprint density at radius 2 is 2.09 bits per heavy atom. The van der Waals surface area contributed by atoms with E-state index in [1.54, 1.807) is 17.0 Å². The maximum Gasteiger partial charge on any atom is 0.410 e. The topological polar surface area (TPSA) is 66.8 Å². The van der Waals surface area contributed by atoms with Crippen LogP contribution in [0, 0.1) is 5.92 Å². The highest BCUT2D eigenvalue weighted by atomic mass is 35.5. The first-order valence-electron chi connectivity index (χ1n) is 7.03. The van der Waals surface area contributed by atoms with Crippen LogP contribution in [-0.4, -0.2) is 41.8 Å². The van der Waals surface area contributed by atoms with Crippen molar-refractivity contribution in [1.82, 2.24) is 4.90 Å². The first kappa shape index (κ1) is 16.4. The predicted molar refractivity (Wildman–Crippen MR) is 83.1 cm³/mol. The Balaban J connectivity index is 2.17. The van der Waals surface area contributed by atoms with Crippen molar-refractivity contribution in [2.24, 2.45) is 5.92 Å². The maximum absolute atomic E-state index is 12.0. The van der Waals surface area contributed by atoms with Gasteiger partial charge in [-0.1, -0.05) is 36.4 Å². The van der Waals surface area contributed by atoms with Crippen LogP contribution in [0.15, 0.2) is 36.9 Å². The molecule has 118 valence electrons. The van der Waals surface area contributed by atoms with Gasteiger partial charge in [-0.25, -0.2) is 4.79 Å². The summed E-state index contributed by atoms with van der Waals surface area (Å²) in [5.41, 5.74) is 0.859. The number of halogens is 1. The molecule has 2 unspecified atom stereocenters. The third-order valence-corrected chi connectivity index (χ3v) is 4.06. The van der Waals surface area contributed by atoms with Crippen LogP contribution in [0.2, 0.25) is 5.02 Å². The fraction of sp³-hybridized carbons (Fsp3) is 0.375. The van der Waals surface area contributed by atoms with Gasteiger partial charge in [-0.3, -0.25) is 4.79 Å². The predicted octanol–water partition coefficient (Wildman–Crippen LogP) is 3.15. The summed E-state index contributed by atoms with van der Waals surface area (Å²) in [4.78, 5) is 25.0. The summed E-state index contributed by atoms with van der Waals surface area (Å²) in [5, 5.41) is 10.0. The van der Waals surface area contributed by atoms with Gasteiger partial charge in [-0.2, -0.15) is 0 Å². The highest BCUT2D eigenvalue weighted by molar-refractivity contribution is 6.30. The molecule has 1 fully saturated rings. The van der Waals surface area contributed by atoms with Gasteiger partial charge in [0.05, 0.1) is 5.92 Å². The number of amides is 1. The first-order valence-corrected chi connectivity index (χ1v) is 7.41. The number of carbonyl (C=O) groups is 2. The summed E-state index contributed by atoms with van der Waals surface area (Å²) >= 11 is 5.88. The lowest BCUT2D eigenvalue weighted by Crippen LogP contribution is -2.45. The zero-order valence-electron chi connectivity index (χ0n) is 12.1. The Hall–Kier alpha value is -2.01. The third-order valence-electron chi connectivity index (χ3n) is 3.81. The molecule has 1 heterocycles. The molecule has 6 heteroatoms. The Kier molecular flexibility index (Phi) is 5.44. The van der Waals surface area contributed by atoms with E-state index in [0.29, 0.717) is 24.5 Å². The number of carboxylic acids is 1. The van der Waals surface area contributed by atoms with Gasteiger partial charge >= 0.3 is 12.1 Å². The van der Waals surface area contributed by atoms with Gasteiger partial charge in [-0.05, 0) is 24.1 Å². The third kappa shape index (κ3) is 3.80. The molecule has 1 aromatic carbocycles. The van der Waals surface area contributed by atoms with Crippen molar-refractivity contribution in [1.29, 1.82) is 0 Å². The second-order valence-corrected chi connectivity index (χ2v) is 5.64. The van der Waals surface area contributed by atoms with Gasteiger partial charge in [0.1, 0.15) is 6.61 Å². The molecule has 1 amide bonds. The van der Waals surface area contributed by atoms with Crippen LogP contribution in [-0.2, 0) is 9.53 Å². The highest BCUT2D eigenvalue weighted by Gasteiger charge is 2.37. The minimum atomic E-state index is -0.848. The summed E-state index contributed by atoms with van der Waals surface area (Å²) in [6, 6.07) is 7.07. The SMILES string of the molecule is C=CCOC(=O)N1CCC(C(=O)O)C(c2ccc(Cl)cc2)C1. The van der Waals surface area contributed by atoms with Crippen molar-refractivity contribution < 1.29 is 19.4 Å². The number of nitrogens with zero attached hydrogens (tertiary/aromatic N) is 1. The standard InChI is InChI=1S/C16H18ClNO4/c1-2-9-22-16(21)18-8-7-13(15(19)20)14(10-18)11-3-5-12(17)6-4-11/h2-6,13-14H,1,7-10H2,(H,19,20). The van der Waals surface area contributed by atoms with Crippen LogP contribution in [0.1, 0.15) is 17.9 Å². The average Bonchev–Trinajstić information content (AvgIpc) is 2.52. The van der Waals surface area contributed by atoms with E-state index in [1.165, 1.54) is 6.08 Å². The molecule has 0 radical (unpaired) electrons. The lowest BCUT2D eigenvalue weighted by molar-refractivity contribution is -0.144. The van der Waals surface area contributed by atoms with Gasteiger partial charge in [0.25, 0.3) is 0 Å². The van der Waals surface area contributed by atoms with Crippen LogP contribution in [0.5, 0.6) is 0 Å². The molecule has 1 N–H and O–H groups in total. The molecule has 0 bridgehead atoms. The lowest BCUT2D eigenvalue weighted by Gasteiger charge is -2.36. The van der Waals surface area contributed by atoms with E-state index in [-0.39, 0.29) is 12.5 Å². The second kappa shape index (κ2) is 7.31. The minimum absolute atomic E-state index is 0.142. The van der Waals surface area contributed by atoms with E-state index in [0.717, 1.165) is 5.56 Å². The number of likely N-dealkylation sites (tertiary alicyclic amines) is 1. The van der Waals surface area contributed by atoms with E-state index in [9.17, 15) is 14.7 Å². The molecule has 2 rings (SSSR count). The molecular formula is C16H18ClNO4. The Bertz CT molecular complexity index is 558. The zero-order valence-corrected chi connectivity index (χ0v) is 12.8. The number of ether oxygens (including phenoxy) is 1. The van der Waals surface area contributed by atoms with Crippen LogP contribution in [0.3, 0.4) is 0 Å². The number of carbonyl (C=O) groups excluding carboxylic acids is 1. The highest BCUT2D eigenvalue weighted by Crippen LogP contribution is 2.33. The summed E-state index contributed by atoms with van der Waals surface area (Å²) < 4.78 is 5.03. The van der Waals surface area contributed by atoms with Gasteiger partial charge < -0.3 is 14.7 Å². The number of hydrogen-bond donors (Lipinski definition) is 1. The molecule has 1 aliphatic rings. The van der Waals surface area contributed by atoms with E-state index < -0.39 is 18.0 Å². The molecule has 22 heavy (non-hydrogen) atoms. The normalized spacial score (nSPS) is 21.2. The van der Waals surface area contributed by atoms with Crippen LogP contribution >= 0.6 is 11.6 Å². The number of aliphatic carboxylic acids is 1. The minimum Gasteiger partial charge on any atom is -0.481 e. The number of carboxylic acid groups (broad SMARTS) is 1. The molecule has 5 nitrogen and oxygen atoms in total. The van der Waals surface area contributed by atoms with Gasteiger partial charge in [0, 0.05) is 24.0 Å². The van der Waals surface area contributed by atoms with Crippen LogP contribution in [0.25, 0.3) is 0 Å². The Morgan fingerprint density at radius 1 is 1.41 bits per heavy atom. The number of rotatable bonds is 4. The lowest BCUT2D eigenvalue weighted by atomic mass is 9.81. The molecule has 1 aromatic rings. The average molecular weight is 324 g/mol. The summed E-state index contributed by atoms with van der Waals surface area (Å²) in [6.07, 6.45) is 1.45. The second-order valence-electron chi connectivity index (χ2n) is 5.20. The van der Waals surface area contributed by atoms with Crippen LogP contribution in [0.4, 0.5) is 4.79 Å². The monoisotopic (exact) mass is 323 g/mol. The zero-order chi connectivity index (χ0) is 16.1. The molecule has 0 spiro atoms. The van der Waals surface area contributed by atoms with Crippen LogP contribution < -0.4 is 0 Å². The quantitative estimate of drug-likeness (QED) is 0.864. The first-order chi connectivity index (χ1) is 10.5. The van der Waals surface area contributed by atoms with Crippen molar-refractivity contribution in [3.05, 3.63) is 47.5 Å². The molecular weight excluding hydrogens is 306 g/mol. The number of hydrogen-bond acceptors (Lipinski definition) is 3. The van der Waals surface area contributed by atoms with E-state index in [2.05, 4.69) is 6.58 Å². The van der Waals surface area contributed by atoms with E-state index >= 15 is 0 Å². The van der Waals surface area contributed by atoms with Crippen molar-refractivity contribution in [3.8, 4) is 0 Å². The molecule has 0 aromatic heterocycles. The van der Waals surface area contributed by atoms with E-state index in [1.807, 2.05) is 12.1 Å². The number of piperidine rings is 1. The van der Waals surface area contributed by atoms with Gasteiger partial charge in [0.15, 0.2) is 0 Å². The van der Waals surface area contributed by atoms with Crippen molar-refractivity contribution in [2.45, 2.75) is 12.3 Å². The summed E-state index contributed by atoms with van der Waals surface area (Å²) in [7, 11) is 0. The van der Waals surface area contributed by atoms with Crippen molar-refractivity contribution in [2.75, 3.05) is 19.7 Å². The van der Waals surface area contributed by atoms with Gasteiger partial charge in [0.2, 0.25) is 0 Å². The van der Waals surface area contributed by atoms with Gasteiger partial charge in [-0.15, -0.1) is 0 Å². The largest absolute Gasteiger partial charge is 0.481 e. The molecule has 0 aliphatic carbocycles. The molecule has 0 saturated carbocycles. The molecule has 2 atom stereocenters. The Labute approximate surface area is 134 Å². The number of benzene rings is 1.